The van der Waals surface area contributed by atoms with Crippen LogP contribution in [0.2, 0.25) is 0 Å². The minimum Gasteiger partial charge on any atom is -0.350 e. The Hall–Kier alpha value is -1.19. The number of hydrogen-bond donors (Lipinski definition) is 2. The number of H-pyrrole nitrogens is 1. The van der Waals surface area contributed by atoms with Crippen LogP contribution in [0.15, 0.2) is 47.5 Å². The molecule has 18 heavy (non-hydrogen) atoms. The first-order valence-corrected chi connectivity index (χ1v) is 7.24. The lowest BCUT2D eigenvalue weighted by atomic mass is 10.3. The highest BCUT2D eigenvalue weighted by atomic mass is 32.2. The van der Waals surface area contributed by atoms with Crippen LogP contribution >= 0.6 is 11.8 Å². The minimum atomic E-state index is 0.514. The summed E-state index contributed by atoms with van der Waals surface area (Å²) >= 11 is 1.81. The normalized spacial score (nSPS) is 11.3. The van der Waals surface area contributed by atoms with Crippen LogP contribution in [0, 0.1) is 0 Å². The molecular formula is C15H20N2S. The molecule has 1 aromatic carbocycles. The number of benzene rings is 1. The highest BCUT2D eigenvalue weighted by Gasteiger charge is 2.02. The molecule has 2 rings (SSSR count). The van der Waals surface area contributed by atoms with Crippen molar-refractivity contribution in [2.24, 2.45) is 0 Å². The summed E-state index contributed by atoms with van der Waals surface area (Å²) in [5.41, 5.74) is 2.43. The van der Waals surface area contributed by atoms with Crippen molar-refractivity contribution in [3.8, 4) is 0 Å². The summed E-state index contributed by atoms with van der Waals surface area (Å²) in [5.74, 6) is 0.951. The SMILES string of the molecule is C=C(CNC(C)C)CSc1cc2ccccc2[nH]1. The Morgan fingerprint density at radius 2 is 2.17 bits per heavy atom. The lowest BCUT2D eigenvalue weighted by Crippen LogP contribution is -2.25. The number of aromatic amines is 1. The van der Waals surface area contributed by atoms with Crippen LogP contribution in [0.1, 0.15) is 13.8 Å². The molecule has 1 heterocycles. The molecule has 0 atom stereocenters. The Kier molecular flexibility index (Phi) is 4.50. The van der Waals surface area contributed by atoms with Gasteiger partial charge in [-0.25, -0.2) is 0 Å². The van der Waals surface area contributed by atoms with E-state index >= 15 is 0 Å². The lowest BCUT2D eigenvalue weighted by molar-refractivity contribution is 0.623. The molecule has 0 saturated carbocycles. The number of thioether (sulfide) groups is 1. The van der Waals surface area contributed by atoms with E-state index in [0.717, 1.165) is 12.3 Å². The second-order valence-electron chi connectivity index (χ2n) is 4.80. The first kappa shape index (κ1) is 13.2. The van der Waals surface area contributed by atoms with Crippen LogP contribution in [-0.4, -0.2) is 23.3 Å². The van der Waals surface area contributed by atoms with E-state index in [1.165, 1.54) is 21.5 Å². The van der Waals surface area contributed by atoms with Crippen molar-refractivity contribution in [3.63, 3.8) is 0 Å². The predicted molar refractivity (Wildman–Crippen MR) is 81.3 cm³/mol. The summed E-state index contributed by atoms with van der Waals surface area (Å²) in [6, 6.07) is 11.1. The van der Waals surface area contributed by atoms with Gasteiger partial charge in [-0.1, -0.05) is 44.2 Å². The second kappa shape index (κ2) is 6.12. The Bertz CT molecular complexity index is 495. The van der Waals surface area contributed by atoms with Gasteiger partial charge in [0.25, 0.3) is 0 Å². The monoisotopic (exact) mass is 260 g/mol. The van der Waals surface area contributed by atoms with Crippen LogP contribution in [0.5, 0.6) is 0 Å². The number of aromatic nitrogens is 1. The van der Waals surface area contributed by atoms with Gasteiger partial charge in [0.15, 0.2) is 0 Å². The Morgan fingerprint density at radius 1 is 1.39 bits per heavy atom. The zero-order valence-corrected chi connectivity index (χ0v) is 11.8. The van der Waals surface area contributed by atoms with Crippen molar-refractivity contribution in [3.05, 3.63) is 42.5 Å². The Balaban J connectivity index is 1.88. The van der Waals surface area contributed by atoms with E-state index in [1.807, 2.05) is 11.8 Å². The molecule has 2 N–H and O–H groups in total. The second-order valence-corrected chi connectivity index (χ2v) is 5.81. The molecule has 0 aliphatic rings. The van der Waals surface area contributed by atoms with Crippen molar-refractivity contribution < 1.29 is 0 Å². The third-order valence-electron chi connectivity index (χ3n) is 2.70. The molecule has 0 spiro atoms. The maximum atomic E-state index is 4.10. The van der Waals surface area contributed by atoms with Gasteiger partial charge >= 0.3 is 0 Å². The maximum absolute atomic E-state index is 4.10. The number of hydrogen-bond acceptors (Lipinski definition) is 2. The summed E-state index contributed by atoms with van der Waals surface area (Å²) in [6.45, 7) is 9.29. The number of rotatable bonds is 6. The van der Waals surface area contributed by atoms with Gasteiger partial charge in [0, 0.05) is 29.2 Å². The van der Waals surface area contributed by atoms with Crippen LogP contribution in [0.4, 0.5) is 0 Å². The van der Waals surface area contributed by atoms with E-state index in [-0.39, 0.29) is 0 Å². The molecule has 0 fully saturated rings. The molecule has 0 unspecified atom stereocenters. The van der Waals surface area contributed by atoms with Crippen LogP contribution < -0.4 is 5.32 Å². The van der Waals surface area contributed by atoms with E-state index in [2.05, 4.69) is 61.1 Å². The summed E-state index contributed by atoms with van der Waals surface area (Å²) in [7, 11) is 0. The fourth-order valence-electron chi connectivity index (χ4n) is 1.70. The zero-order valence-electron chi connectivity index (χ0n) is 11.0. The van der Waals surface area contributed by atoms with Crippen molar-refractivity contribution in [2.45, 2.75) is 24.9 Å². The standard InChI is InChI=1S/C15H20N2S/c1-11(2)16-9-12(3)10-18-15-8-13-6-4-5-7-14(13)17-15/h4-8,11,16-17H,3,9-10H2,1-2H3. The molecule has 0 aliphatic heterocycles. The summed E-state index contributed by atoms with van der Waals surface area (Å²) < 4.78 is 0. The van der Waals surface area contributed by atoms with Crippen molar-refractivity contribution in [2.75, 3.05) is 12.3 Å². The topological polar surface area (TPSA) is 27.8 Å². The van der Waals surface area contributed by atoms with Gasteiger partial charge in [-0.2, -0.15) is 0 Å². The summed E-state index contributed by atoms with van der Waals surface area (Å²) in [4.78, 5) is 3.42. The Morgan fingerprint density at radius 3 is 2.89 bits per heavy atom. The van der Waals surface area contributed by atoms with E-state index < -0.39 is 0 Å². The van der Waals surface area contributed by atoms with Crippen LogP contribution in [-0.2, 0) is 0 Å². The molecule has 0 radical (unpaired) electrons. The number of para-hydroxylation sites is 1. The maximum Gasteiger partial charge on any atom is 0.0735 e. The third-order valence-corrected chi connectivity index (χ3v) is 3.78. The summed E-state index contributed by atoms with van der Waals surface area (Å²) in [6.07, 6.45) is 0. The van der Waals surface area contributed by atoms with E-state index in [9.17, 15) is 0 Å². The fourth-order valence-corrected chi connectivity index (χ4v) is 2.56. The molecule has 0 bridgehead atoms. The van der Waals surface area contributed by atoms with E-state index in [4.69, 9.17) is 0 Å². The van der Waals surface area contributed by atoms with Gasteiger partial charge in [0.1, 0.15) is 0 Å². The molecule has 3 heteroatoms. The number of nitrogens with one attached hydrogen (secondary N) is 2. The number of fused-ring (bicyclic) bond motifs is 1. The highest BCUT2D eigenvalue weighted by Crippen LogP contribution is 2.24. The van der Waals surface area contributed by atoms with Crippen LogP contribution in [0.25, 0.3) is 10.9 Å². The molecule has 2 aromatic rings. The lowest BCUT2D eigenvalue weighted by Gasteiger charge is -2.09. The van der Waals surface area contributed by atoms with Crippen molar-refractivity contribution in [1.29, 1.82) is 0 Å². The molecule has 0 saturated heterocycles. The molecule has 1 aromatic heterocycles. The molecule has 0 amide bonds. The quantitative estimate of drug-likeness (QED) is 0.610. The Labute approximate surface area is 113 Å². The average Bonchev–Trinajstić information content (AvgIpc) is 2.76. The highest BCUT2D eigenvalue weighted by molar-refractivity contribution is 7.99. The van der Waals surface area contributed by atoms with Gasteiger partial charge in [-0.15, -0.1) is 11.8 Å². The van der Waals surface area contributed by atoms with Gasteiger partial charge in [-0.3, -0.25) is 0 Å². The molecular weight excluding hydrogens is 240 g/mol. The van der Waals surface area contributed by atoms with Crippen molar-refractivity contribution in [1.82, 2.24) is 10.3 Å². The van der Waals surface area contributed by atoms with E-state index in [0.29, 0.717) is 6.04 Å². The molecule has 0 aliphatic carbocycles. The minimum absolute atomic E-state index is 0.514. The summed E-state index contributed by atoms with van der Waals surface area (Å²) in [5, 5.41) is 5.86. The molecule has 96 valence electrons. The van der Waals surface area contributed by atoms with Gasteiger partial charge in [-0.05, 0) is 12.1 Å². The van der Waals surface area contributed by atoms with Gasteiger partial charge in [0.2, 0.25) is 0 Å². The van der Waals surface area contributed by atoms with Crippen LogP contribution in [0.3, 0.4) is 0 Å². The molecule has 2 nitrogen and oxygen atoms in total. The fraction of sp³-hybridized carbons (Fsp3) is 0.333. The van der Waals surface area contributed by atoms with E-state index in [1.54, 1.807) is 0 Å². The first-order chi connectivity index (χ1) is 8.65. The largest absolute Gasteiger partial charge is 0.350 e. The van der Waals surface area contributed by atoms with Crippen molar-refractivity contribution >= 4 is 22.7 Å². The first-order valence-electron chi connectivity index (χ1n) is 6.26. The van der Waals surface area contributed by atoms with Gasteiger partial charge in [0.05, 0.1) is 5.03 Å². The zero-order chi connectivity index (χ0) is 13.0. The predicted octanol–water partition coefficient (Wildman–Crippen LogP) is 3.81. The third kappa shape index (κ3) is 3.65. The smallest absolute Gasteiger partial charge is 0.0735 e. The average molecular weight is 260 g/mol. The van der Waals surface area contributed by atoms with Gasteiger partial charge < -0.3 is 10.3 Å².